The van der Waals surface area contributed by atoms with E-state index in [4.69, 9.17) is 14.2 Å². The van der Waals surface area contributed by atoms with E-state index in [1.807, 2.05) is 0 Å². The maximum absolute atomic E-state index is 13.0. The number of rotatable bonds is 6. The average molecular weight is 349 g/mol. The second-order valence-electron chi connectivity index (χ2n) is 6.60. The molecule has 1 amide bonds. The van der Waals surface area contributed by atoms with Crippen LogP contribution in [0.15, 0.2) is 18.2 Å². The Morgan fingerprint density at radius 2 is 2.08 bits per heavy atom. The molecule has 2 fully saturated rings. The Kier molecular flexibility index (Phi) is 5.13. The lowest BCUT2D eigenvalue weighted by atomic mass is 10.1. The van der Waals surface area contributed by atoms with Gasteiger partial charge >= 0.3 is 5.97 Å². The number of carboxylic acids is 1. The molecule has 1 saturated carbocycles. The molecule has 1 aromatic rings. The maximum atomic E-state index is 13.0. The molecule has 0 bridgehead atoms. The predicted octanol–water partition coefficient (Wildman–Crippen LogP) is 1.80. The van der Waals surface area contributed by atoms with Crippen LogP contribution < -0.4 is 9.47 Å². The van der Waals surface area contributed by atoms with Gasteiger partial charge < -0.3 is 24.2 Å². The summed E-state index contributed by atoms with van der Waals surface area (Å²) in [5.74, 6) is 0.316. The summed E-state index contributed by atoms with van der Waals surface area (Å²) >= 11 is 0. The zero-order valence-corrected chi connectivity index (χ0v) is 14.4. The van der Waals surface area contributed by atoms with Crippen molar-refractivity contribution in [2.75, 3.05) is 26.8 Å². The van der Waals surface area contributed by atoms with E-state index in [0.29, 0.717) is 36.1 Å². The van der Waals surface area contributed by atoms with Crippen molar-refractivity contribution in [3.8, 4) is 11.5 Å². The summed E-state index contributed by atoms with van der Waals surface area (Å²) in [6, 6.07) is 5.07. The molecule has 0 spiro atoms. The number of methoxy groups -OCH3 is 1. The Morgan fingerprint density at radius 3 is 2.72 bits per heavy atom. The van der Waals surface area contributed by atoms with Gasteiger partial charge in [0.1, 0.15) is 11.5 Å². The molecule has 1 heterocycles. The Morgan fingerprint density at radius 1 is 1.32 bits per heavy atom. The molecule has 1 saturated heterocycles. The molecule has 0 radical (unpaired) electrons. The van der Waals surface area contributed by atoms with Gasteiger partial charge in [0.15, 0.2) is 6.10 Å². The highest BCUT2D eigenvalue weighted by Crippen LogP contribution is 2.32. The van der Waals surface area contributed by atoms with Crippen LogP contribution in [0.25, 0.3) is 0 Å². The lowest BCUT2D eigenvalue weighted by molar-refractivity contribution is -0.160. The van der Waals surface area contributed by atoms with Crippen molar-refractivity contribution in [1.82, 2.24) is 4.90 Å². The minimum absolute atomic E-state index is 0.0204. The first-order valence-electron chi connectivity index (χ1n) is 8.46. The van der Waals surface area contributed by atoms with Crippen molar-refractivity contribution in [2.24, 2.45) is 5.92 Å². The van der Waals surface area contributed by atoms with Gasteiger partial charge in [0.25, 0.3) is 5.91 Å². The van der Waals surface area contributed by atoms with Crippen LogP contribution in [0.4, 0.5) is 0 Å². The quantitative estimate of drug-likeness (QED) is 0.843. The molecule has 2 aliphatic rings. The molecule has 1 unspecified atom stereocenters. The van der Waals surface area contributed by atoms with Crippen LogP contribution in [0.2, 0.25) is 0 Å². The van der Waals surface area contributed by atoms with Gasteiger partial charge in [-0.05, 0) is 37.8 Å². The molecule has 1 aliphatic carbocycles. The topological polar surface area (TPSA) is 85.3 Å². The summed E-state index contributed by atoms with van der Waals surface area (Å²) in [5, 5.41) is 9.20. The number of carbonyl (C=O) groups is 2. The van der Waals surface area contributed by atoms with Crippen molar-refractivity contribution in [2.45, 2.75) is 32.0 Å². The average Bonchev–Trinajstić information content (AvgIpc) is 3.42. The van der Waals surface area contributed by atoms with E-state index >= 15 is 0 Å². The highest BCUT2D eigenvalue weighted by atomic mass is 16.5. The van der Waals surface area contributed by atoms with Crippen molar-refractivity contribution in [3.63, 3.8) is 0 Å². The molecule has 25 heavy (non-hydrogen) atoms. The fraction of sp³-hybridized carbons (Fsp3) is 0.556. The number of nitrogens with zero attached hydrogens (tertiary/aromatic N) is 1. The highest BCUT2D eigenvalue weighted by Gasteiger charge is 2.34. The normalized spacial score (nSPS) is 23.2. The van der Waals surface area contributed by atoms with Crippen LogP contribution in [0.3, 0.4) is 0 Å². The molecular formula is C18H23NO6. The first-order chi connectivity index (χ1) is 12.0. The number of benzene rings is 1. The predicted molar refractivity (Wildman–Crippen MR) is 89.1 cm³/mol. The van der Waals surface area contributed by atoms with Gasteiger partial charge in [-0.1, -0.05) is 0 Å². The maximum Gasteiger partial charge on any atom is 0.334 e. The second kappa shape index (κ2) is 7.31. The highest BCUT2D eigenvalue weighted by molar-refractivity contribution is 5.97. The first kappa shape index (κ1) is 17.5. The minimum atomic E-state index is -1.07. The zero-order chi connectivity index (χ0) is 18.0. The van der Waals surface area contributed by atoms with E-state index < -0.39 is 12.1 Å². The zero-order valence-electron chi connectivity index (χ0n) is 14.4. The van der Waals surface area contributed by atoms with Gasteiger partial charge in [-0.3, -0.25) is 4.79 Å². The van der Waals surface area contributed by atoms with E-state index in [1.54, 1.807) is 32.2 Å². The van der Waals surface area contributed by atoms with Crippen LogP contribution >= 0.6 is 0 Å². The molecule has 7 nitrogen and oxygen atoms in total. The Labute approximate surface area is 146 Å². The molecule has 2 atom stereocenters. The molecule has 3 rings (SSSR count). The third-order valence-electron chi connectivity index (χ3n) is 4.41. The molecule has 1 aromatic carbocycles. The summed E-state index contributed by atoms with van der Waals surface area (Å²) < 4.78 is 16.4. The summed E-state index contributed by atoms with van der Waals surface area (Å²) in [4.78, 5) is 25.7. The molecule has 136 valence electrons. The number of carbonyl (C=O) groups excluding carboxylic acids is 1. The van der Waals surface area contributed by atoms with Crippen LogP contribution in [0.5, 0.6) is 11.5 Å². The van der Waals surface area contributed by atoms with Crippen LogP contribution in [-0.4, -0.2) is 60.9 Å². The smallest absolute Gasteiger partial charge is 0.334 e. The van der Waals surface area contributed by atoms with Gasteiger partial charge in [0, 0.05) is 12.6 Å². The monoisotopic (exact) mass is 349 g/mol. The molecule has 1 aliphatic heterocycles. The number of morpholine rings is 1. The number of hydrogen-bond acceptors (Lipinski definition) is 5. The largest absolute Gasteiger partial charge is 0.497 e. The minimum Gasteiger partial charge on any atom is -0.497 e. The SMILES string of the molecule is COc1ccc(C(=O)N2CC(C(=O)O)O[C@H](C)C2)c(OCC2CC2)c1. The summed E-state index contributed by atoms with van der Waals surface area (Å²) in [7, 11) is 1.56. The van der Waals surface area contributed by atoms with Gasteiger partial charge in [-0.2, -0.15) is 0 Å². The van der Waals surface area contributed by atoms with Crippen molar-refractivity contribution in [1.29, 1.82) is 0 Å². The van der Waals surface area contributed by atoms with Gasteiger partial charge in [-0.25, -0.2) is 4.79 Å². The van der Waals surface area contributed by atoms with E-state index in [1.165, 1.54) is 4.90 Å². The van der Waals surface area contributed by atoms with Crippen LogP contribution in [0.1, 0.15) is 30.1 Å². The third kappa shape index (κ3) is 4.22. The summed E-state index contributed by atoms with van der Waals surface area (Å²) in [5.41, 5.74) is 0.416. The lowest BCUT2D eigenvalue weighted by Crippen LogP contribution is -2.51. The number of ether oxygens (including phenoxy) is 3. The van der Waals surface area contributed by atoms with Crippen molar-refractivity contribution < 1.29 is 28.9 Å². The van der Waals surface area contributed by atoms with E-state index in [0.717, 1.165) is 12.8 Å². The molecule has 0 aromatic heterocycles. The Balaban J connectivity index is 1.80. The summed E-state index contributed by atoms with van der Waals surface area (Å²) in [6.45, 7) is 2.70. The van der Waals surface area contributed by atoms with E-state index in [9.17, 15) is 14.7 Å². The number of amides is 1. The number of hydrogen-bond donors (Lipinski definition) is 1. The lowest BCUT2D eigenvalue weighted by Gasteiger charge is -2.35. The van der Waals surface area contributed by atoms with Crippen LogP contribution in [0, 0.1) is 5.92 Å². The van der Waals surface area contributed by atoms with E-state index in [-0.39, 0.29) is 18.6 Å². The third-order valence-corrected chi connectivity index (χ3v) is 4.41. The van der Waals surface area contributed by atoms with Gasteiger partial charge in [0.2, 0.25) is 0 Å². The number of carboxylic acid groups (broad SMARTS) is 1. The molecular weight excluding hydrogens is 326 g/mol. The number of aliphatic carboxylic acids is 1. The second-order valence-corrected chi connectivity index (χ2v) is 6.60. The molecule has 7 heteroatoms. The standard InChI is InChI=1S/C18H23NO6/c1-11-8-19(9-16(25-11)18(21)22)17(20)14-6-5-13(23-2)7-15(14)24-10-12-3-4-12/h5-7,11-12,16H,3-4,8-10H2,1-2H3,(H,21,22)/t11-,16?/m1/s1. The van der Waals surface area contributed by atoms with E-state index in [2.05, 4.69) is 0 Å². The van der Waals surface area contributed by atoms with Crippen molar-refractivity contribution in [3.05, 3.63) is 23.8 Å². The van der Waals surface area contributed by atoms with Crippen LogP contribution in [-0.2, 0) is 9.53 Å². The molecule has 1 N–H and O–H groups in total. The van der Waals surface area contributed by atoms with Gasteiger partial charge in [-0.15, -0.1) is 0 Å². The van der Waals surface area contributed by atoms with Crippen molar-refractivity contribution >= 4 is 11.9 Å². The first-order valence-corrected chi connectivity index (χ1v) is 8.46. The fourth-order valence-electron chi connectivity index (χ4n) is 2.84. The summed E-state index contributed by atoms with van der Waals surface area (Å²) in [6.07, 6.45) is 0.943. The fourth-order valence-corrected chi connectivity index (χ4v) is 2.84. The Hall–Kier alpha value is -2.28. The van der Waals surface area contributed by atoms with Gasteiger partial charge in [0.05, 0.1) is 31.9 Å². The Bertz CT molecular complexity index is 657.